The maximum absolute atomic E-state index is 13.1. The van der Waals surface area contributed by atoms with Crippen LogP contribution in [-0.4, -0.2) is 45.2 Å². The summed E-state index contributed by atoms with van der Waals surface area (Å²) in [5.74, 6) is 2.19. The minimum absolute atomic E-state index is 0.0131. The van der Waals surface area contributed by atoms with E-state index in [1.165, 1.54) is 10.4 Å². The van der Waals surface area contributed by atoms with Gasteiger partial charge in [0.05, 0.1) is 40.0 Å². The van der Waals surface area contributed by atoms with Crippen molar-refractivity contribution < 1.29 is 19.0 Å². The van der Waals surface area contributed by atoms with Crippen LogP contribution < -0.4 is 19.5 Å². The number of hydrogen-bond donors (Lipinski definition) is 1. The molecule has 33 heavy (non-hydrogen) atoms. The van der Waals surface area contributed by atoms with Crippen LogP contribution in [0.2, 0.25) is 0 Å². The molecular formula is C26H30N2O4S. The molecule has 1 N–H and O–H groups in total. The van der Waals surface area contributed by atoms with E-state index in [1.54, 1.807) is 32.7 Å². The van der Waals surface area contributed by atoms with Gasteiger partial charge in [0.15, 0.2) is 11.5 Å². The minimum atomic E-state index is -0.157. The van der Waals surface area contributed by atoms with Crippen LogP contribution in [0.4, 0.5) is 0 Å². The Balaban J connectivity index is 1.58. The zero-order valence-corrected chi connectivity index (χ0v) is 20.3. The van der Waals surface area contributed by atoms with Crippen LogP contribution in [0.25, 0.3) is 0 Å². The summed E-state index contributed by atoms with van der Waals surface area (Å²) in [7, 11) is 4.95. The van der Waals surface area contributed by atoms with Crippen molar-refractivity contribution in [2.75, 3.05) is 34.4 Å². The highest BCUT2D eigenvalue weighted by Gasteiger charge is 2.32. The second-order valence-electron chi connectivity index (χ2n) is 8.08. The molecule has 2 aromatic carbocycles. The van der Waals surface area contributed by atoms with E-state index in [2.05, 4.69) is 39.9 Å². The van der Waals surface area contributed by atoms with Crippen molar-refractivity contribution in [1.82, 2.24) is 10.2 Å². The van der Waals surface area contributed by atoms with Crippen molar-refractivity contribution in [2.24, 2.45) is 0 Å². The van der Waals surface area contributed by atoms with Crippen LogP contribution in [0.1, 0.15) is 40.6 Å². The summed E-state index contributed by atoms with van der Waals surface area (Å²) in [6.07, 6.45) is 0.840. The fourth-order valence-electron chi connectivity index (χ4n) is 4.52. The first kappa shape index (κ1) is 23.1. The van der Waals surface area contributed by atoms with Crippen molar-refractivity contribution in [1.29, 1.82) is 0 Å². The zero-order chi connectivity index (χ0) is 23.4. The SMILES string of the molecule is COc1cc2c(cc1OC)[C@@H](c1cccs1)N(CC(=O)N[C@H](C)c1ccccc1OC)CC2. The number of carbonyl (C=O) groups excluding carboxylic acids is 1. The largest absolute Gasteiger partial charge is 0.496 e. The van der Waals surface area contributed by atoms with Gasteiger partial charge >= 0.3 is 0 Å². The lowest BCUT2D eigenvalue weighted by atomic mass is 9.91. The van der Waals surface area contributed by atoms with Gasteiger partial charge in [0.2, 0.25) is 5.91 Å². The number of nitrogens with one attached hydrogen (secondary N) is 1. The number of fused-ring (bicyclic) bond motifs is 1. The summed E-state index contributed by atoms with van der Waals surface area (Å²) >= 11 is 1.70. The van der Waals surface area contributed by atoms with E-state index in [9.17, 15) is 4.79 Å². The smallest absolute Gasteiger partial charge is 0.234 e. The Labute approximate surface area is 199 Å². The average Bonchev–Trinajstić information content (AvgIpc) is 3.37. The van der Waals surface area contributed by atoms with E-state index in [1.807, 2.05) is 31.2 Å². The number of benzene rings is 2. The predicted molar refractivity (Wildman–Crippen MR) is 131 cm³/mol. The molecule has 2 atom stereocenters. The lowest BCUT2D eigenvalue weighted by Crippen LogP contribution is -2.43. The van der Waals surface area contributed by atoms with Gasteiger partial charge in [0.1, 0.15) is 5.75 Å². The number of nitrogens with zero attached hydrogens (tertiary/aromatic N) is 1. The monoisotopic (exact) mass is 466 g/mol. The highest BCUT2D eigenvalue weighted by molar-refractivity contribution is 7.10. The van der Waals surface area contributed by atoms with E-state index < -0.39 is 0 Å². The molecular weight excluding hydrogens is 436 g/mol. The molecule has 7 heteroatoms. The molecule has 0 spiro atoms. The third kappa shape index (κ3) is 4.84. The molecule has 4 rings (SSSR count). The maximum Gasteiger partial charge on any atom is 0.234 e. The topological polar surface area (TPSA) is 60.0 Å². The number of rotatable bonds is 8. The summed E-state index contributed by atoms with van der Waals surface area (Å²) in [5.41, 5.74) is 3.35. The highest BCUT2D eigenvalue weighted by atomic mass is 32.1. The van der Waals surface area contributed by atoms with Crippen molar-refractivity contribution in [3.63, 3.8) is 0 Å². The molecule has 0 bridgehead atoms. The van der Waals surface area contributed by atoms with E-state index >= 15 is 0 Å². The molecule has 1 aliphatic heterocycles. The Morgan fingerprint density at radius 2 is 1.79 bits per heavy atom. The second kappa shape index (κ2) is 10.3. The molecule has 2 heterocycles. The third-order valence-corrected chi connectivity index (χ3v) is 7.04. The molecule has 0 unspecified atom stereocenters. The summed E-state index contributed by atoms with van der Waals surface area (Å²) in [4.78, 5) is 16.6. The van der Waals surface area contributed by atoms with Gasteiger partial charge in [-0.1, -0.05) is 24.3 Å². The quantitative estimate of drug-likeness (QED) is 0.526. The van der Waals surface area contributed by atoms with E-state index in [4.69, 9.17) is 14.2 Å². The second-order valence-corrected chi connectivity index (χ2v) is 9.05. The van der Waals surface area contributed by atoms with Gasteiger partial charge in [-0.2, -0.15) is 0 Å². The molecule has 0 saturated heterocycles. The first-order chi connectivity index (χ1) is 16.0. The van der Waals surface area contributed by atoms with Gasteiger partial charge in [0, 0.05) is 17.0 Å². The molecule has 0 fully saturated rings. The van der Waals surface area contributed by atoms with Gasteiger partial charge < -0.3 is 19.5 Å². The van der Waals surface area contributed by atoms with Gasteiger partial charge in [0.25, 0.3) is 0 Å². The molecule has 1 aromatic heterocycles. The lowest BCUT2D eigenvalue weighted by Gasteiger charge is -2.37. The van der Waals surface area contributed by atoms with Crippen LogP contribution in [0.5, 0.6) is 17.2 Å². The van der Waals surface area contributed by atoms with Crippen LogP contribution in [0, 0.1) is 0 Å². The van der Waals surface area contributed by atoms with Gasteiger partial charge in [-0.05, 0) is 54.1 Å². The van der Waals surface area contributed by atoms with Crippen molar-refractivity contribution in [2.45, 2.75) is 25.4 Å². The number of amides is 1. The molecule has 3 aromatic rings. The Kier molecular flexibility index (Phi) is 7.20. The molecule has 174 valence electrons. The van der Waals surface area contributed by atoms with Crippen LogP contribution in [0.3, 0.4) is 0 Å². The maximum atomic E-state index is 13.1. The Morgan fingerprint density at radius 1 is 1.06 bits per heavy atom. The standard InChI is InChI=1S/C26H30N2O4S/c1-17(19-8-5-6-9-21(19)30-2)27-25(29)16-28-12-11-18-14-22(31-3)23(32-4)15-20(18)26(28)24-10-7-13-33-24/h5-10,13-15,17,26H,11-12,16H2,1-4H3,(H,27,29)/t17-,26+/m1/s1. The number of hydrogen-bond acceptors (Lipinski definition) is 6. The highest BCUT2D eigenvalue weighted by Crippen LogP contribution is 2.42. The Bertz CT molecular complexity index is 1100. The number of methoxy groups -OCH3 is 3. The third-order valence-electron chi connectivity index (χ3n) is 6.12. The van der Waals surface area contributed by atoms with Crippen LogP contribution in [0.15, 0.2) is 53.9 Å². The average molecular weight is 467 g/mol. The van der Waals surface area contributed by atoms with Crippen molar-refractivity contribution in [3.05, 3.63) is 75.5 Å². The van der Waals surface area contributed by atoms with Crippen molar-refractivity contribution in [3.8, 4) is 17.2 Å². The van der Waals surface area contributed by atoms with E-state index in [-0.39, 0.29) is 18.0 Å². The summed E-state index contributed by atoms with van der Waals surface area (Å²) in [5, 5.41) is 5.22. The molecule has 0 aliphatic carbocycles. The molecule has 0 saturated carbocycles. The first-order valence-electron chi connectivity index (χ1n) is 11.0. The van der Waals surface area contributed by atoms with Gasteiger partial charge in [-0.3, -0.25) is 9.69 Å². The summed E-state index contributed by atoms with van der Waals surface area (Å²) in [6, 6.07) is 15.9. The lowest BCUT2D eigenvalue weighted by molar-refractivity contribution is -0.123. The minimum Gasteiger partial charge on any atom is -0.496 e. The molecule has 0 radical (unpaired) electrons. The van der Waals surface area contributed by atoms with Gasteiger partial charge in [-0.25, -0.2) is 0 Å². The van der Waals surface area contributed by atoms with E-state index in [0.717, 1.165) is 35.6 Å². The van der Waals surface area contributed by atoms with Gasteiger partial charge in [-0.15, -0.1) is 11.3 Å². The fraction of sp³-hybridized carbons (Fsp3) is 0.346. The Morgan fingerprint density at radius 3 is 2.48 bits per heavy atom. The Hall–Kier alpha value is -3.03. The van der Waals surface area contributed by atoms with Crippen LogP contribution in [-0.2, 0) is 11.2 Å². The normalized spacial score (nSPS) is 16.5. The zero-order valence-electron chi connectivity index (χ0n) is 19.5. The van der Waals surface area contributed by atoms with E-state index in [0.29, 0.717) is 12.3 Å². The number of ether oxygens (including phenoxy) is 3. The summed E-state index contributed by atoms with van der Waals surface area (Å²) in [6.45, 7) is 3.06. The summed E-state index contributed by atoms with van der Waals surface area (Å²) < 4.78 is 16.6. The molecule has 1 amide bonds. The fourth-order valence-corrected chi connectivity index (χ4v) is 5.40. The number of para-hydroxylation sites is 1. The molecule has 6 nitrogen and oxygen atoms in total. The number of carbonyl (C=O) groups is 1. The predicted octanol–water partition coefficient (Wildman–Crippen LogP) is 4.60. The number of thiophene rings is 1. The molecule has 1 aliphatic rings. The van der Waals surface area contributed by atoms with Crippen molar-refractivity contribution >= 4 is 17.2 Å². The van der Waals surface area contributed by atoms with Crippen LogP contribution >= 0.6 is 11.3 Å². The first-order valence-corrected chi connectivity index (χ1v) is 11.9.